The molecule has 2 heterocycles. The number of nitrogens with zero attached hydrogens (tertiary/aromatic N) is 2. The summed E-state index contributed by atoms with van der Waals surface area (Å²) in [6.07, 6.45) is 3.31. The van der Waals surface area contributed by atoms with E-state index in [2.05, 4.69) is 4.98 Å². The summed E-state index contributed by atoms with van der Waals surface area (Å²) in [6, 6.07) is 9.20. The van der Waals surface area contributed by atoms with E-state index in [1.54, 1.807) is 32.7 Å². The summed E-state index contributed by atoms with van der Waals surface area (Å²) in [5.41, 5.74) is 2.08. The minimum atomic E-state index is 0.635. The predicted octanol–water partition coefficient (Wildman–Crippen LogP) is 2.96. The molecule has 0 fully saturated rings. The van der Waals surface area contributed by atoms with E-state index >= 15 is 0 Å². The largest absolute Gasteiger partial charge is 0.497 e. The zero-order chi connectivity index (χ0) is 14.1. The fourth-order valence-corrected chi connectivity index (χ4v) is 2.24. The molecule has 3 rings (SSSR count). The molecule has 3 aromatic rings. The molecule has 0 saturated carbocycles. The topological polar surface area (TPSA) is 56.5 Å². The second-order valence-corrected chi connectivity index (χ2v) is 4.34. The van der Waals surface area contributed by atoms with Gasteiger partial charge in [-0.15, -0.1) is 0 Å². The van der Waals surface area contributed by atoms with Gasteiger partial charge in [-0.25, -0.2) is 0 Å². The second-order valence-electron chi connectivity index (χ2n) is 4.34. The molecule has 1 aromatic carbocycles. The molecule has 5 heteroatoms. The lowest BCUT2D eigenvalue weighted by atomic mass is 10.1. The van der Waals surface area contributed by atoms with E-state index in [0.717, 1.165) is 15.7 Å². The van der Waals surface area contributed by atoms with Gasteiger partial charge in [-0.3, -0.25) is 4.98 Å². The molecule has 102 valence electrons. The molecule has 0 saturated heterocycles. The zero-order valence-electron chi connectivity index (χ0n) is 11.2. The van der Waals surface area contributed by atoms with E-state index in [1.165, 1.54) is 0 Å². The summed E-state index contributed by atoms with van der Waals surface area (Å²) < 4.78 is 11.7. The summed E-state index contributed by atoms with van der Waals surface area (Å²) >= 11 is 0. The minimum Gasteiger partial charge on any atom is -0.497 e. The lowest BCUT2D eigenvalue weighted by Crippen LogP contribution is -1.96. The molecule has 0 aliphatic carbocycles. The SMILES string of the molecule is COc1ccc(-c2cc3ccncc3n2O)c(OC)c1. The number of ether oxygens (including phenoxy) is 2. The lowest BCUT2D eigenvalue weighted by Gasteiger charge is -2.10. The van der Waals surface area contributed by atoms with Crippen molar-refractivity contribution in [3.63, 3.8) is 0 Å². The number of rotatable bonds is 3. The molecular weight excluding hydrogens is 256 g/mol. The Morgan fingerprint density at radius 2 is 1.95 bits per heavy atom. The van der Waals surface area contributed by atoms with Gasteiger partial charge in [0, 0.05) is 23.2 Å². The Hall–Kier alpha value is -2.69. The van der Waals surface area contributed by atoms with E-state index in [4.69, 9.17) is 9.47 Å². The van der Waals surface area contributed by atoms with E-state index in [0.29, 0.717) is 22.7 Å². The Bertz CT molecular complexity index is 765. The van der Waals surface area contributed by atoms with Crippen LogP contribution in [-0.4, -0.2) is 29.1 Å². The number of fused-ring (bicyclic) bond motifs is 1. The maximum atomic E-state index is 10.3. The predicted molar refractivity (Wildman–Crippen MR) is 75.5 cm³/mol. The quantitative estimate of drug-likeness (QED) is 0.743. The molecule has 0 aliphatic rings. The first-order valence-corrected chi connectivity index (χ1v) is 6.11. The van der Waals surface area contributed by atoms with Gasteiger partial charge in [-0.2, -0.15) is 4.73 Å². The highest BCUT2D eigenvalue weighted by Crippen LogP contribution is 2.35. The number of hydrogen-bond acceptors (Lipinski definition) is 4. The highest BCUT2D eigenvalue weighted by Gasteiger charge is 2.14. The van der Waals surface area contributed by atoms with Crippen LogP contribution in [0.5, 0.6) is 11.5 Å². The van der Waals surface area contributed by atoms with Crippen molar-refractivity contribution in [2.45, 2.75) is 0 Å². The van der Waals surface area contributed by atoms with Crippen molar-refractivity contribution < 1.29 is 14.7 Å². The zero-order valence-corrected chi connectivity index (χ0v) is 11.2. The van der Waals surface area contributed by atoms with Gasteiger partial charge < -0.3 is 14.7 Å². The molecule has 0 radical (unpaired) electrons. The van der Waals surface area contributed by atoms with Crippen molar-refractivity contribution in [2.24, 2.45) is 0 Å². The molecule has 1 N–H and O–H groups in total. The number of benzene rings is 1. The van der Waals surface area contributed by atoms with Crippen LogP contribution in [0.3, 0.4) is 0 Å². The average Bonchev–Trinajstić information content (AvgIpc) is 2.84. The molecule has 0 unspecified atom stereocenters. The van der Waals surface area contributed by atoms with Crippen molar-refractivity contribution in [1.29, 1.82) is 0 Å². The molecule has 0 aliphatic heterocycles. The first kappa shape index (κ1) is 12.3. The molecule has 2 aromatic heterocycles. The first-order valence-electron chi connectivity index (χ1n) is 6.11. The summed E-state index contributed by atoms with van der Waals surface area (Å²) in [5, 5.41) is 11.2. The Labute approximate surface area is 116 Å². The number of methoxy groups -OCH3 is 2. The van der Waals surface area contributed by atoms with E-state index < -0.39 is 0 Å². The van der Waals surface area contributed by atoms with Gasteiger partial charge >= 0.3 is 0 Å². The van der Waals surface area contributed by atoms with Gasteiger partial charge in [0.25, 0.3) is 0 Å². The fraction of sp³-hybridized carbons (Fsp3) is 0.133. The van der Waals surface area contributed by atoms with Crippen LogP contribution in [0, 0.1) is 0 Å². The lowest BCUT2D eigenvalue weighted by molar-refractivity contribution is 0.204. The molecule has 0 spiro atoms. The van der Waals surface area contributed by atoms with Gasteiger partial charge in [0.1, 0.15) is 17.0 Å². The van der Waals surface area contributed by atoms with Crippen LogP contribution >= 0.6 is 0 Å². The summed E-state index contributed by atoms with van der Waals surface area (Å²) in [7, 11) is 3.19. The van der Waals surface area contributed by atoms with Crippen molar-refractivity contribution in [1.82, 2.24) is 9.71 Å². The molecule has 0 atom stereocenters. The summed E-state index contributed by atoms with van der Waals surface area (Å²) in [5.74, 6) is 1.34. The maximum Gasteiger partial charge on any atom is 0.132 e. The number of hydrogen-bond donors (Lipinski definition) is 1. The van der Waals surface area contributed by atoms with E-state index in [-0.39, 0.29) is 0 Å². The monoisotopic (exact) mass is 270 g/mol. The Kier molecular flexibility index (Phi) is 2.95. The van der Waals surface area contributed by atoms with Crippen LogP contribution in [0.25, 0.3) is 22.2 Å². The standard InChI is InChI=1S/C15H14N2O3/c1-19-11-3-4-12(15(8-11)20-2)13-7-10-5-6-16-9-14(10)17(13)18/h3-9,18H,1-2H3. The van der Waals surface area contributed by atoms with Crippen LogP contribution in [-0.2, 0) is 0 Å². The third-order valence-electron chi connectivity index (χ3n) is 3.27. The molecular formula is C15H14N2O3. The van der Waals surface area contributed by atoms with Crippen LogP contribution in [0.1, 0.15) is 0 Å². The van der Waals surface area contributed by atoms with Gasteiger partial charge in [0.15, 0.2) is 0 Å². The average molecular weight is 270 g/mol. The molecule has 5 nitrogen and oxygen atoms in total. The smallest absolute Gasteiger partial charge is 0.132 e. The molecule has 0 bridgehead atoms. The van der Waals surface area contributed by atoms with Crippen molar-refractivity contribution >= 4 is 10.9 Å². The summed E-state index contributed by atoms with van der Waals surface area (Å²) in [4.78, 5) is 4.02. The first-order chi connectivity index (χ1) is 9.74. The highest BCUT2D eigenvalue weighted by atomic mass is 16.5. The summed E-state index contributed by atoms with van der Waals surface area (Å²) in [6.45, 7) is 0. The maximum absolute atomic E-state index is 10.3. The highest BCUT2D eigenvalue weighted by molar-refractivity contribution is 5.87. The third kappa shape index (κ3) is 1.84. The van der Waals surface area contributed by atoms with Gasteiger partial charge in [0.05, 0.1) is 26.1 Å². The Morgan fingerprint density at radius 1 is 1.10 bits per heavy atom. The van der Waals surface area contributed by atoms with E-state index in [9.17, 15) is 5.21 Å². The van der Waals surface area contributed by atoms with Crippen molar-refractivity contribution in [2.75, 3.05) is 14.2 Å². The van der Waals surface area contributed by atoms with Gasteiger partial charge in [-0.05, 0) is 24.3 Å². The van der Waals surface area contributed by atoms with Crippen LogP contribution in [0.4, 0.5) is 0 Å². The van der Waals surface area contributed by atoms with Crippen LogP contribution in [0.15, 0.2) is 42.7 Å². The second kappa shape index (κ2) is 4.77. The third-order valence-corrected chi connectivity index (χ3v) is 3.27. The van der Waals surface area contributed by atoms with Crippen molar-refractivity contribution in [3.05, 3.63) is 42.7 Å². The van der Waals surface area contributed by atoms with Gasteiger partial charge in [0.2, 0.25) is 0 Å². The van der Waals surface area contributed by atoms with Gasteiger partial charge in [-0.1, -0.05) is 0 Å². The van der Waals surface area contributed by atoms with Crippen LogP contribution < -0.4 is 9.47 Å². The molecule has 20 heavy (non-hydrogen) atoms. The Morgan fingerprint density at radius 3 is 2.65 bits per heavy atom. The normalized spacial score (nSPS) is 10.7. The van der Waals surface area contributed by atoms with E-state index in [1.807, 2.05) is 24.3 Å². The number of pyridine rings is 1. The minimum absolute atomic E-state index is 0.635. The number of aromatic nitrogens is 2. The van der Waals surface area contributed by atoms with Crippen molar-refractivity contribution in [3.8, 4) is 22.8 Å². The molecule has 0 amide bonds. The fourth-order valence-electron chi connectivity index (χ4n) is 2.24. The van der Waals surface area contributed by atoms with Crippen LogP contribution in [0.2, 0.25) is 0 Å². The Balaban J connectivity index is 2.22.